The molecule has 0 aromatic carbocycles. The molecule has 0 aliphatic carbocycles. The van der Waals surface area contributed by atoms with Gasteiger partial charge in [-0.1, -0.05) is 0 Å². The lowest BCUT2D eigenvalue weighted by Gasteiger charge is -2.10. The van der Waals surface area contributed by atoms with E-state index in [1.807, 2.05) is 0 Å². The molecule has 0 aromatic rings. The topological polar surface area (TPSA) is 52.4 Å². The van der Waals surface area contributed by atoms with Gasteiger partial charge in [0.2, 0.25) is 6.34 Å². The Hall–Kier alpha value is -0.770. The highest BCUT2D eigenvalue weighted by Gasteiger charge is 1.73. The van der Waals surface area contributed by atoms with Crippen LogP contribution in [0, 0.1) is 10.4 Å². The van der Waals surface area contributed by atoms with Crippen LogP contribution in [-0.4, -0.2) is 30.2 Å². The van der Waals surface area contributed by atoms with Crippen molar-refractivity contribution in [1.82, 2.24) is 5.06 Å². The monoisotopic (exact) mass is 103 g/mol. The van der Waals surface area contributed by atoms with Crippen LogP contribution < -0.4 is 0 Å². The standard InChI is InChI=1S/C3H7N2O2/c1-4(6)3-5(2)7/h3H,1-2H3/q-1/b4-3+. The molecule has 0 atom stereocenters. The smallest absolute Gasteiger partial charge is 0.232 e. The van der Waals surface area contributed by atoms with E-state index in [1.54, 1.807) is 0 Å². The zero-order valence-electron chi connectivity index (χ0n) is 4.29. The lowest BCUT2D eigenvalue weighted by molar-refractivity contribution is -0.422. The summed E-state index contributed by atoms with van der Waals surface area (Å²) in [7, 11) is 2.49. The summed E-state index contributed by atoms with van der Waals surface area (Å²) in [5.41, 5.74) is 0. The Balaban J connectivity index is 3.45. The SMILES string of the molecule is CN([O-])/C=[N+](\C)[O-]. The first-order valence-corrected chi connectivity index (χ1v) is 1.78. The number of rotatable bonds is 1. The largest absolute Gasteiger partial charge is 0.716 e. The highest BCUT2D eigenvalue weighted by atomic mass is 16.5. The molecule has 0 N–H and O–H groups in total. The Bertz CT molecular complexity index is 75.0. The van der Waals surface area contributed by atoms with Gasteiger partial charge in [-0.3, -0.25) is 4.74 Å². The van der Waals surface area contributed by atoms with E-state index < -0.39 is 0 Å². The van der Waals surface area contributed by atoms with Crippen molar-refractivity contribution in [2.75, 3.05) is 14.1 Å². The molecular formula is C3H7N2O2-. The van der Waals surface area contributed by atoms with Gasteiger partial charge in [-0.25, -0.2) is 0 Å². The molecule has 0 rings (SSSR count). The first-order chi connectivity index (χ1) is 3.13. The van der Waals surface area contributed by atoms with Crippen LogP contribution in [-0.2, 0) is 0 Å². The van der Waals surface area contributed by atoms with Gasteiger partial charge in [0.1, 0.15) is 0 Å². The number of nitrogens with zero attached hydrogens (tertiary/aromatic N) is 2. The summed E-state index contributed by atoms with van der Waals surface area (Å²) < 4.78 is 0.438. The summed E-state index contributed by atoms with van der Waals surface area (Å²) in [5, 5.41) is 20.2. The minimum Gasteiger partial charge on any atom is -0.716 e. The second-order valence-electron chi connectivity index (χ2n) is 1.21. The summed E-state index contributed by atoms with van der Waals surface area (Å²) in [5.74, 6) is 0. The summed E-state index contributed by atoms with van der Waals surface area (Å²) in [6.07, 6.45) is 0.889. The fourth-order valence-electron chi connectivity index (χ4n) is 0.229. The van der Waals surface area contributed by atoms with Crippen LogP contribution in [0.4, 0.5) is 0 Å². The number of hydroxylamine groups is 3. The van der Waals surface area contributed by atoms with Gasteiger partial charge in [0.05, 0.1) is 14.1 Å². The van der Waals surface area contributed by atoms with Gasteiger partial charge in [0.25, 0.3) is 0 Å². The van der Waals surface area contributed by atoms with Gasteiger partial charge in [-0.2, -0.15) is 0 Å². The molecule has 0 fully saturated rings. The zero-order valence-corrected chi connectivity index (χ0v) is 4.29. The van der Waals surface area contributed by atoms with Gasteiger partial charge in [0, 0.05) is 0 Å². The fraction of sp³-hybridized carbons (Fsp3) is 0.667. The number of hydrogen-bond acceptors (Lipinski definition) is 2. The Morgan fingerprint density at radius 1 is 1.71 bits per heavy atom. The van der Waals surface area contributed by atoms with Gasteiger partial charge < -0.3 is 15.5 Å². The Kier molecular flexibility index (Phi) is 2.15. The third-order valence-electron chi connectivity index (χ3n) is 0.325. The van der Waals surface area contributed by atoms with Crippen molar-refractivity contribution in [3.63, 3.8) is 0 Å². The summed E-state index contributed by atoms with van der Waals surface area (Å²) in [6, 6.07) is 0. The summed E-state index contributed by atoms with van der Waals surface area (Å²) in [4.78, 5) is 0. The van der Waals surface area contributed by atoms with Crippen molar-refractivity contribution >= 4 is 6.34 Å². The second kappa shape index (κ2) is 2.41. The fourth-order valence-corrected chi connectivity index (χ4v) is 0.229. The van der Waals surface area contributed by atoms with E-state index in [4.69, 9.17) is 0 Å². The molecule has 0 heterocycles. The van der Waals surface area contributed by atoms with E-state index in [2.05, 4.69) is 0 Å². The molecule has 0 aliphatic heterocycles. The van der Waals surface area contributed by atoms with Gasteiger partial charge in [-0.15, -0.1) is 0 Å². The Morgan fingerprint density at radius 3 is 2.14 bits per heavy atom. The maximum atomic E-state index is 9.87. The maximum Gasteiger partial charge on any atom is 0.232 e. The molecule has 0 unspecified atom stereocenters. The van der Waals surface area contributed by atoms with Crippen LogP contribution in [0.1, 0.15) is 0 Å². The first-order valence-electron chi connectivity index (χ1n) is 1.78. The molecule has 0 bridgehead atoms. The van der Waals surface area contributed by atoms with E-state index in [0.29, 0.717) is 9.80 Å². The van der Waals surface area contributed by atoms with E-state index in [1.165, 1.54) is 14.1 Å². The van der Waals surface area contributed by atoms with Crippen molar-refractivity contribution in [2.45, 2.75) is 0 Å². The molecule has 0 amide bonds. The first kappa shape index (κ1) is 6.23. The highest BCUT2D eigenvalue weighted by molar-refractivity contribution is 5.48. The number of hydrogen-bond donors (Lipinski definition) is 0. The molecule has 0 aliphatic rings. The lowest BCUT2D eigenvalue weighted by Crippen LogP contribution is -2.12. The van der Waals surface area contributed by atoms with Gasteiger partial charge in [0.15, 0.2) is 0 Å². The van der Waals surface area contributed by atoms with E-state index in [-0.39, 0.29) is 0 Å². The maximum absolute atomic E-state index is 9.87. The lowest BCUT2D eigenvalue weighted by atomic mass is 11.1. The van der Waals surface area contributed by atoms with Crippen molar-refractivity contribution in [1.29, 1.82) is 0 Å². The Morgan fingerprint density at radius 2 is 2.14 bits per heavy atom. The third-order valence-corrected chi connectivity index (χ3v) is 0.325. The molecule has 0 spiro atoms. The quantitative estimate of drug-likeness (QED) is 0.149. The van der Waals surface area contributed by atoms with Crippen LogP contribution in [0.25, 0.3) is 0 Å². The van der Waals surface area contributed by atoms with Crippen LogP contribution in [0.3, 0.4) is 0 Å². The van der Waals surface area contributed by atoms with Crippen molar-refractivity contribution in [3.8, 4) is 0 Å². The summed E-state index contributed by atoms with van der Waals surface area (Å²) >= 11 is 0. The molecular weight excluding hydrogens is 96.0 g/mol. The molecule has 7 heavy (non-hydrogen) atoms. The zero-order chi connectivity index (χ0) is 5.86. The predicted octanol–water partition coefficient (Wildman–Crippen LogP) is -0.416. The van der Waals surface area contributed by atoms with Crippen LogP contribution in [0.5, 0.6) is 0 Å². The molecule has 0 saturated carbocycles. The molecule has 42 valence electrons. The molecule has 4 heteroatoms. The van der Waals surface area contributed by atoms with Crippen LogP contribution in [0.2, 0.25) is 0 Å². The second-order valence-corrected chi connectivity index (χ2v) is 1.21. The minimum atomic E-state index is 0.438. The molecule has 0 radical (unpaired) electrons. The van der Waals surface area contributed by atoms with E-state index in [9.17, 15) is 10.4 Å². The predicted molar refractivity (Wildman–Crippen MR) is 26.7 cm³/mol. The Labute approximate surface area is 41.8 Å². The van der Waals surface area contributed by atoms with Crippen molar-refractivity contribution < 1.29 is 4.74 Å². The van der Waals surface area contributed by atoms with Crippen molar-refractivity contribution in [3.05, 3.63) is 10.4 Å². The average Bonchev–Trinajstić information content (AvgIpc) is 1.27. The average molecular weight is 103 g/mol. The van der Waals surface area contributed by atoms with E-state index in [0.717, 1.165) is 6.34 Å². The molecule has 4 nitrogen and oxygen atoms in total. The van der Waals surface area contributed by atoms with Crippen LogP contribution >= 0.6 is 0 Å². The highest BCUT2D eigenvalue weighted by Crippen LogP contribution is 1.63. The van der Waals surface area contributed by atoms with Crippen LogP contribution in [0.15, 0.2) is 0 Å². The van der Waals surface area contributed by atoms with E-state index >= 15 is 0 Å². The normalized spacial score (nSPS) is 11.6. The molecule has 0 aromatic heterocycles. The van der Waals surface area contributed by atoms with Crippen molar-refractivity contribution in [2.24, 2.45) is 0 Å². The third kappa shape index (κ3) is 5.23. The van der Waals surface area contributed by atoms with Gasteiger partial charge in [-0.05, 0) is 0 Å². The molecule has 0 saturated heterocycles. The summed E-state index contributed by atoms with van der Waals surface area (Å²) in [6.45, 7) is 0. The minimum absolute atomic E-state index is 0.438. The van der Waals surface area contributed by atoms with Gasteiger partial charge >= 0.3 is 0 Å².